The average Bonchev–Trinajstić information content (AvgIpc) is 2.83. The third-order valence-electron chi connectivity index (χ3n) is 3.33. The second-order valence-electron chi connectivity index (χ2n) is 4.88. The van der Waals surface area contributed by atoms with Crippen LogP contribution in [-0.2, 0) is 4.79 Å². The second-order valence-corrected chi connectivity index (χ2v) is 7.06. The minimum absolute atomic E-state index is 0.00140. The first-order valence-electron chi connectivity index (χ1n) is 7.81. The van der Waals surface area contributed by atoms with Crippen molar-refractivity contribution < 1.29 is 14.3 Å². The van der Waals surface area contributed by atoms with E-state index in [1.807, 2.05) is 39.0 Å². The molecule has 5 nitrogen and oxygen atoms in total. The maximum absolute atomic E-state index is 12.5. The molecule has 0 spiro atoms. The molecule has 1 aromatic carbocycles. The van der Waals surface area contributed by atoms with E-state index in [-0.39, 0.29) is 5.91 Å². The molecular weight excluding hydrogens is 439 g/mol. The fourth-order valence-electron chi connectivity index (χ4n) is 2.32. The summed E-state index contributed by atoms with van der Waals surface area (Å²) in [5, 5.41) is 0.768. The lowest BCUT2D eigenvalue weighted by Gasteiger charge is -2.12. The summed E-state index contributed by atoms with van der Waals surface area (Å²) >= 11 is 3.63. The predicted molar refractivity (Wildman–Crippen MR) is 108 cm³/mol. The number of carbonyl (C=O) groups excluding carboxylic acids is 1. The van der Waals surface area contributed by atoms with Crippen LogP contribution in [0.25, 0.3) is 6.08 Å². The first-order chi connectivity index (χ1) is 11.5. The van der Waals surface area contributed by atoms with E-state index in [9.17, 15) is 4.79 Å². The second kappa shape index (κ2) is 8.75. The number of thioether (sulfide) groups is 1. The zero-order valence-corrected chi connectivity index (χ0v) is 17.2. The Balaban J connectivity index is 2.41. The summed E-state index contributed by atoms with van der Waals surface area (Å²) < 4.78 is 12.0. The Bertz CT molecular complexity index is 689. The molecule has 0 aromatic heterocycles. The van der Waals surface area contributed by atoms with E-state index in [1.165, 1.54) is 11.8 Å². The van der Waals surface area contributed by atoms with Gasteiger partial charge in [-0.3, -0.25) is 14.7 Å². The van der Waals surface area contributed by atoms with Gasteiger partial charge in [-0.15, -0.1) is 0 Å². The smallest absolute Gasteiger partial charge is 0.266 e. The van der Waals surface area contributed by atoms with E-state index in [0.717, 1.165) is 14.3 Å². The summed E-state index contributed by atoms with van der Waals surface area (Å²) in [5.41, 5.74) is 0.910. The number of methoxy groups -OCH3 is 1. The molecule has 0 unspecified atom stereocenters. The van der Waals surface area contributed by atoms with E-state index in [0.29, 0.717) is 36.1 Å². The third-order valence-corrected chi connectivity index (χ3v) is 5.18. The molecule has 2 rings (SSSR count). The van der Waals surface area contributed by atoms with Gasteiger partial charge in [0.1, 0.15) is 0 Å². The molecule has 0 radical (unpaired) electrons. The highest BCUT2D eigenvalue weighted by atomic mass is 127. The number of likely N-dealkylation sites (N-methyl/N-ethyl adjacent to an activating group) is 1. The molecule has 0 N–H and O–H groups in total. The molecule has 1 fully saturated rings. The highest BCUT2D eigenvalue weighted by molar-refractivity contribution is 14.1. The number of nitrogens with zero attached hydrogens (tertiary/aromatic N) is 2. The summed E-state index contributed by atoms with van der Waals surface area (Å²) in [6, 6.07) is 3.88. The Morgan fingerprint density at radius 2 is 2.08 bits per heavy atom. The lowest BCUT2D eigenvalue weighted by Crippen LogP contribution is -2.28. The Kier molecular flexibility index (Phi) is 6.97. The zero-order valence-electron chi connectivity index (χ0n) is 14.3. The van der Waals surface area contributed by atoms with Gasteiger partial charge in [0.15, 0.2) is 16.7 Å². The number of carbonyl (C=O) groups is 1. The van der Waals surface area contributed by atoms with Crippen LogP contribution in [0.5, 0.6) is 11.5 Å². The van der Waals surface area contributed by atoms with Gasteiger partial charge in [-0.2, -0.15) is 0 Å². The first-order valence-corrected chi connectivity index (χ1v) is 9.71. The van der Waals surface area contributed by atoms with Gasteiger partial charge in [0.2, 0.25) is 0 Å². The highest BCUT2D eigenvalue weighted by Crippen LogP contribution is 2.37. The average molecular weight is 460 g/mol. The van der Waals surface area contributed by atoms with Crippen LogP contribution in [0.4, 0.5) is 0 Å². The lowest BCUT2D eigenvalue weighted by atomic mass is 10.2. The maximum Gasteiger partial charge on any atom is 0.266 e. The third kappa shape index (κ3) is 4.05. The topological polar surface area (TPSA) is 51.1 Å². The largest absolute Gasteiger partial charge is 0.492 e. The number of benzene rings is 1. The number of aliphatic imine (C=N–C) groups is 1. The van der Waals surface area contributed by atoms with Crippen molar-refractivity contribution in [1.29, 1.82) is 0 Å². The molecule has 0 aliphatic carbocycles. The van der Waals surface area contributed by atoms with Crippen molar-refractivity contribution in [2.45, 2.75) is 20.8 Å². The minimum Gasteiger partial charge on any atom is -0.492 e. The Morgan fingerprint density at radius 1 is 1.33 bits per heavy atom. The molecule has 1 heterocycles. The van der Waals surface area contributed by atoms with Crippen LogP contribution in [-0.4, -0.2) is 42.8 Å². The fraction of sp³-hybridized carbons (Fsp3) is 0.412. The zero-order chi connectivity index (χ0) is 17.7. The minimum atomic E-state index is -0.00140. The maximum atomic E-state index is 12.5. The van der Waals surface area contributed by atoms with Crippen molar-refractivity contribution >= 4 is 51.5 Å². The van der Waals surface area contributed by atoms with Crippen LogP contribution < -0.4 is 9.47 Å². The fourth-order valence-corrected chi connectivity index (χ4v) is 4.27. The van der Waals surface area contributed by atoms with Crippen molar-refractivity contribution in [3.05, 3.63) is 26.2 Å². The van der Waals surface area contributed by atoms with Gasteiger partial charge < -0.3 is 9.47 Å². The molecule has 1 aromatic rings. The standard InChI is InChI=1S/C17H21IN2O3S/c1-5-19-17-20(6-2)16(21)14(24-17)10-11-8-12(18)15(22-4)13(9-11)23-7-3/h8-10H,5-7H2,1-4H3/b14-10-,19-17?. The number of ether oxygens (including phenoxy) is 2. The molecule has 1 aliphatic rings. The summed E-state index contributed by atoms with van der Waals surface area (Å²) in [6.45, 7) is 7.68. The van der Waals surface area contributed by atoms with Crippen molar-refractivity contribution in [3.63, 3.8) is 0 Å². The Hall–Kier alpha value is -1.22. The predicted octanol–water partition coefficient (Wildman–Crippen LogP) is 4.01. The SMILES string of the molecule is CCN=C1S/C(=C\c2cc(I)c(OC)c(OCC)c2)C(=O)N1CC. The number of amides is 1. The monoisotopic (exact) mass is 460 g/mol. The summed E-state index contributed by atoms with van der Waals surface area (Å²) in [6.07, 6.45) is 1.89. The van der Waals surface area contributed by atoms with Gasteiger partial charge in [-0.25, -0.2) is 0 Å². The van der Waals surface area contributed by atoms with Crippen molar-refractivity contribution in [2.75, 3.05) is 26.8 Å². The number of hydrogen-bond acceptors (Lipinski definition) is 5. The Morgan fingerprint density at radius 3 is 2.67 bits per heavy atom. The number of hydrogen-bond donors (Lipinski definition) is 0. The van der Waals surface area contributed by atoms with E-state index in [4.69, 9.17) is 9.47 Å². The molecule has 7 heteroatoms. The van der Waals surface area contributed by atoms with Crippen LogP contribution in [0.1, 0.15) is 26.3 Å². The molecular formula is C17H21IN2O3S. The van der Waals surface area contributed by atoms with E-state index in [1.54, 1.807) is 12.0 Å². The van der Waals surface area contributed by atoms with Crippen molar-refractivity contribution in [3.8, 4) is 11.5 Å². The van der Waals surface area contributed by atoms with Crippen molar-refractivity contribution in [1.82, 2.24) is 4.90 Å². The normalized spacial score (nSPS) is 17.9. The number of halogens is 1. The summed E-state index contributed by atoms with van der Waals surface area (Å²) in [5.74, 6) is 1.40. The molecule has 0 saturated carbocycles. The number of rotatable bonds is 6. The molecule has 0 bridgehead atoms. The molecule has 1 saturated heterocycles. The Labute approximate surface area is 160 Å². The lowest BCUT2D eigenvalue weighted by molar-refractivity contribution is -0.122. The number of amidine groups is 1. The highest BCUT2D eigenvalue weighted by Gasteiger charge is 2.31. The molecule has 1 aliphatic heterocycles. The van der Waals surface area contributed by atoms with Gasteiger partial charge in [0, 0.05) is 13.1 Å². The summed E-state index contributed by atoms with van der Waals surface area (Å²) in [7, 11) is 1.63. The molecule has 0 atom stereocenters. The van der Waals surface area contributed by atoms with Crippen LogP contribution >= 0.6 is 34.4 Å². The molecule has 24 heavy (non-hydrogen) atoms. The molecule has 130 valence electrons. The van der Waals surface area contributed by atoms with Crippen LogP contribution in [0, 0.1) is 3.57 Å². The van der Waals surface area contributed by atoms with Crippen LogP contribution in [0.2, 0.25) is 0 Å². The molecule has 1 amide bonds. The van der Waals surface area contributed by atoms with E-state index < -0.39 is 0 Å². The van der Waals surface area contributed by atoms with Gasteiger partial charge in [-0.05, 0) is 78.9 Å². The van der Waals surface area contributed by atoms with Crippen LogP contribution in [0.15, 0.2) is 22.0 Å². The van der Waals surface area contributed by atoms with E-state index in [2.05, 4.69) is 27.6 Å². The van der Waals surface area contributed by atoms with Crippen molar-refractivity contribution in [2.24, 2.45) is 4.99 Å². The quantitative estimate of drug-likeness (QED) is 0.476. The van der Waals surface area contributed by atoms with Gasteiger partial charge in [0.05, 0.1) is 22.2 Å². The van der Waals surface area contributed by atoms with Gasteiger partial charge >= 0.3 is 0 Å². The van der Waals surface area contributed by atoms with Crippen LogP contribution in [0.3, 0.4) is 0 Å². The summed E-state index contributed by atoms with van der Waals surface area (Å²) in [4.78, 5) is 19.3. The van der Waals surface area contributed by atoms with Gasteiger partial charge in [-0.1, -0.05) is 0 Å². The van der Waals surface area contributed by atoms with Gasteiger partial charge in [0.25, 0.3) is 5.91 Å². The first kappa shape index (κ1) is 19.1. The van der Waals surface area contributed by atoms with E-state index >= 15 is 0 Å².